The van der Waals surface area contributed by atoms with Crippen molar-refractivity contribution in [1.82, 2.24) is 10.2 Å². The van der Waals surface area contributed by atoms with Gasteiger partial charge in [0.05, 0.1) is 5.92 Å². The topological polar surface area (TPSA) is 69.6 Å². The molecule has 0 saturated carbocycles. The Morgan fingerprint density at radius 1 is 1.32 bits per heavy atom. The van der Waals surface area contributed by atoms with Gasteiger partial charge in [-0.15, -0.1) is 0 Å². The van der Waals surface area contributed by atoms with Gasteiger partial charge in [0.15, 0.2) is 0 Å². The number of rotatable bonds is 8. The van der Waals surface area contributed by atoms with Crippen molar-refractivity contribution < 1.29 is 14.7 Å². The van der Waals surface area contributed by atoms with E-state index >= 15 is 0 Å². The summed E-state index contributed by atoms with van der Waals surface area (Å²) in [7, 11) is 1.73. The van der Waals surface area contributed by atoms with E-state index in [0.29, 0.717) is 13.0 Å². The van der Waals surface area contributed by atoms with Crippen LogP contribution < -0.4 is 5.32 Å². The number of carboxylic acid groups (broad SMARTS) is 1. The number of nitrogens with zero attached hydrogens (tertiary/aromatic N) is 1. The smallest absolute Gasteiger partial charge is 0.317 e. The van der Waals surface area contributed by atoms with E-state index < -0.39 is 5.97 Å². The van der Waals surface area contributed by atoms with Gasteiger partial charge in [-0.05, 0) is 26.7 Å². The molecule has 0 heterocycles. The first kappa shape index (κ1) is 17.5. The van der Waals surface area contributed by atoms with Gasteiger partial charge in [-0.25, -0.2) is 4.79 Å². The predicted molar refractivity (Wildman–Crippen MR) is 76.1 cm³/mol. The van der Waals surface area contributed by atoms with E-state index in [1.54, 1.807) is 18.9 Å². The van der Waals surface area contributed by atoms with Crippen LogP contribution in [0.3, 0.4) is 0 Å². The standard InChI is InChI=1S/C14H26N2O3/c1-10(2)9-16(5)14(19)15-12(4)8-6-7-11(3)13(17)18/h11-12H,1,6-9H2,2-5H3,(H,15,19)(H,17,18). The van der Waals surface area contributed by atoms with Crippen LogP contribution in [0.2, 0.25) is 0 Å². The zero-order valence-electron chi connectivity index (χ0n) is 12.4. The Morgan fingerprint density at radius 2 is 1.89 bits per heavy atom. The summed E-state index contributed by atoms with van der Waals surface area (Å²) in [6.07, 6.45) is 2.21. The molecule has 19 heavy (non-hydrogen) atoms. The van der Waals surface area contributed by atoms with E-state index in [-0.39, 0.29) is 18.0 Å². The van der Waals surface area contributed by atoms with Crippen LogP contribution in [0.5, 0.6) is 0 Å². The van der Waals surface area contributed by atoms with Crippen LogP contribution in [-0.4, -0.2) is 41.6 Å². The molecule has 0 aromatic rings. The lowest BCUT2D eigenvalue weighted by atomic mass is 10.0. The van der Waals surface area contributed by atoms with Crippen LogP contribution >= 0.6 is 0 Å². The number of carbonyl (C=O) groups is 2. The highest BCUT2D eigenvalue weighted by Crippen LogP contribution is 2.09. The molecule has 2 unspecified atom stereocenters. The Balaban J connectivity index is 3.91. The van der Waals surface area contributed by atoms with E-state index in [9.17, 15) is 9.59 Å². The normalized spacial score (nSPS) is 13.5. The predicted octanol–water partition coefficient (Wildman–Crippen LogP) is 2.48. The Hall–Kier alpha value is -1.52. The van der Waals surface area contributed by atoms with Crippen molar-refractivity contribution in [3.8, 4) is 0 Å². The second-order valence-electron chi connectivity index (χ2n) is 5.33. The van der Waals surface area contributed by atoms with Crippen LogP contribution in [0, 0.1) is 5.92 Å². The summed E-state index contributed by atoms with van der Waals surface area (Å²) >= 11 is 0. The lowest BCUT2D eigenvalue weighted by Gasteiger charge is -2.21. The average Bonchev–Trinajstić information content (AvgIpc) is 2.27. The Kier molecular flexibility index (Phi) is 7.87. The maximum absolute atomic E-state index is 11.8. The molecule has 2 amide bonds. The zero-order valence-corrected chi connectivity index (χ0v) is 12.4. The first-order chi connectivity index (χ1) is 8.73. The van der Waals surface area contributed by atoms with Gasteiger partial charge >= 0.3 is 12.0 Å². The first-order valence-electron chi connectivity index (χ1n) is 6.62. The molecule has 0 radical (unpaired) electrons. The quantitative estimate of drug-likeness (QED) is 0.666. The molecule has 0 aliphatic carbocycles. The highest BCUT2D eigenvalue weighted by molar-refractivity contribution is 5.74. The molecule has 110 valence electrons. The molecule has 0 fully saturated rings. The van der Waals surface area contributed by atoms with Gasteiger partial charge in [0.2, 0.25) is 0 Å². The Bertz CT molecular complexity index is 329. The summed E-state index contributed by atoms with van der Waals surface area (Å²) in [5.41, 5.74) is 0.931. The minimum Gasteiger partial charge on any atom is -0.481 e. The minimum atomic E-state index is -0.766. The number of hydrogen-bond donors (Lipinski definition) is 2. The third-order valence-electron chi connectivity index (χ3n) is 2.92. The molecule has 0 aliphatic rings. The number of likely N-dealkylation sites (N-methyl/N-ethyl adjacent to an activating group) is 1. The third-order valence-corrected chi connectivity index (χ3v) is 2.92. The van der Waals surface area contributed by atoms with Crippen LogP contribution in [0.25, 0.3) is 0 Å². The maximum Gasteiger partial charge on any atom is 0.317 e. The van der Waals surface area contributed by atoms with Gasteiger partial charge in [-0.3, -0.25) is 4.79 Å². The van der Waals surface area contributed by atoms with E-state index in [2.05, 4.69) is 11.9 Å². The summed E-state index contributed by atoms with van der Waals surface area (Å²) in [6, 6.07) is -0.0807. The fourth-order valence-corrected chi connectivity index (χ4v) is 1.72. The highest BCUT2D eigenvalue weighted by atomic mass is 16.4. The molecule has 5 heteroatoms. The number of carbonyl (C=O) groups excluding carboxylic acids is 1. The highest BCUT2D eigenvalue weighted by Gasteiger charge is 2.14. The molecule has 0 spiro atoms. The van der Waals surface area contributed by atoms with Gasteiger partial charge in [0.25, 0.3) is 0 Å². The number of carboxylic acids is 1. The lowest BCUT2D eigenvalue weighted by molar-refractivity contribution is -0.141. The van der Waals surface area contributed by atoms with Gasteiger partial charge in [-0.2, -0.15) is 0 Å². The summed E-state index contributed by atoms with van der Waals surface area (Å²) < 4.78 is 0. The minimum absolute atomic E-state index is 0.0427. The lowest BCUT2D eigenvalue weighted by Crippen LogP contribution is -2.42. The third kappa shape index (κ3) is 8.24. The fourth-order valence-electron chi connectivity index (χ4n) is 1.72. The van der Waals surface area contributed by atoms with Crippen LogP contribution in [0.15, 0.2) is 12.2 Å². The van der Waals surface area contributed by atoms with Crippen molar-refractivity contribution in [2.45, 2.75) is 46.1 Å². The molecule has 0 saturated heterocycles. The second kappa shape index (κ2) is 8.56. The number of amides is 2. The van der Waals surface area contributed by atoms with Gasteiger partial charge in [0, 0.05) is 19.6 Å². The summed E-state index contributed by atoms with van der Waals surface area (Å²) in [5, 5.41) is 11.7. The number of aliphatic carboxylic acids is 1. The molecular formula is C14H26N2O3. The van der Waals surface area contributed by atoms with Crippen molar-refractivity contribution in [2.24, 2.45) is 5.92 Å². The molecule has 5 nitrogen and oxygen atoms in total. The van der Waals surface area contributed by atoms with E-state index in [0.717, 1.165) is 18.4 Å². The largest absolute Gasteiger partial charge is 0.481 e. The van der Waals surface area contributed by atoms with Gasteiger partial charge in [0.1, 0.15) is 0 Å². The van der Waals surface area contributed by atoms with E-state index in [1.807, 2.05) is 13.8 Å². The Morgan fingerprint density at radius 3 is 2.37 bits per heavy atom. The Labute approximate surface area is 115 Å². The molecule has 2 N–H and O–H groups in total. The molecule has 0 rings (SSSR count). The van der Waals surface area contributed by atoms with Crippen molar-refractivity contribution in [2.75, 3.05) is 13.6 Å². The van der Waals surface area contributed by atoms with Gasteiger partial charge in [-0.1, -0.05) is 25.5 Å². The molecule has 0 aromatic heterocycles. The first-order valence-corrected chi connectivity index (χ1v) is 6.62. The van der Waals surface area contributed by atoms with Gasteiger partial charge < -0.3 is 15.3 Å². The summed E-state index contributed by atoms with van der Waals surface area (Å²) in [4.78, 5) is 24.0. The molecular weight excluding hydrogens is 244 g/mol. The SMILES string of the molecule is C=C(C)CN(C)C(=O)NC(C)CCCC(C)C(=O)O. The average molecular weight is 270 g/mol. The van der Waals surface area contributed by atoms with E-state index in [1.165, 1.54) is 0 Å². The monoisotopic (exact) mass is 270 g/mol. The van der Waals surface area contributed by atoms with Crippen molar-refractivity contribution in [3.63, 3.8) is 0 Å². The zero-order chi connectivity index (χ0) is 15.0. The van der Waals surface area contributed by atoms with Crippen LogP contribution in [-0.2, 0) is 4.79 Å². The van der Waals surface area contributed by atoms with Crippen LogP contribution in [0.4, 0.5) is 4.79 Å². The molecule has 0 bridgehead atoms. The molecule has 2 atom stereocenters. The second-order valence-corrected chi connectivity index (χ2v) is 5.33. The fraction of sp³-hybridized carbons (Fsp3) is 0.714. The molecule has 0 aliphatic heterocycles. The summed E-state index contributed by atoms with van der Waals surface area (Å²) in [6.45, 7) is 9.81. The number of hydrogen-bond acceptors (Lipinski definition) is 2. The van der Waals surface area contributed by atoms with Crippen molar-refractivity contribution >= 4 is 12.0 Å². The van der Waals surface area contributed by atoms with Crippen LogP contribution in [0.1, 0.15) is 40.0 Å². The van der Waals surface area contributed by atoms with Crippen molar-refractivity contribution in [3.05, 3.63) is 12.2 Å². The van der Waals surface area contributed by atoms with Crippen molar-refractivity contribution in [1.29, 1.82) is 0 Å². The maximum atomic E-state index is 11.8. The summed E-state index contributed by atoms with van der Waals surface area (Å²) in [5.74, 6) is -1.09. The molecule has 0 aromatic carbocycles. The number of urea groups is 1. The number of nitrogens with one attached hydrogen (secondary N) is 1. The van der Waals surface area contributed by atoms with E-state index in [4.69, 9.17) is 5.11 Å².